The molecule has 2 fully saturated rings. The van der Waals surface area contributed by atoms with Crippen molar-refractivity contribution >= 4 is 0 Å². The van der Waals surface area contributed by atoms with E-state index in [2.05, 4.69) is 11.8 Å². The molecule has 1 aromatic carbocycles. The molecular formula is C18H22O3. The molecule has 0 bridgehead atoms. The molecular weight excluding hydrogens is 264 g/mol. The number of aliphatic hydroxyl groups is 1. The Hall–Kier alpha value is -1.50. The molecule has 1 unspecified atom stereocenters. The first-order valence-corrected chi connectivity index (χ1v) is 7.80. The molecule has 3 rings (SSSR count). The molecule has 0 aromatic heterocycles. The van der Waals surface area contributed by atoms with Crippen LogP contribution in [-0.4, -0.2) is 30.0 Å². The summed E-state index contributed by atoms with van der Waals surface area (Å²) in [5.74, 6) is 6.87. The highest BCUT2D eigenvalue weighted by atomic mass is 16.5. The van der Waals surface area contributed by atoms with Crippen molar-refractivity contribution in [2.24, 2.45) is 0 Å². The van der Waals surface area contributed by atoms with Gasteiger partial charge in [0.15, 0.2) is 0 Å². The van der Waals surface area contributed by atoms with Gasteiger partial charge in [-0.15, -0.1) is 0 Å². The Kier molecular flexibility index (Phi) is 4.48. The molecule has 21 heavy (non-hydrogen) atoms. The van der Waals surface area contributed by atoms with E-state index in [-0.39, 0.29) is 18.3 Å². The average molecular weight is 286 g/mol. The fourth-order valence-electron chi connectivity index (χ4n) is 3.06. The number of aliphatic hydroxyl groups excluding tert-OH is 1. The van der Waals surface area contributed by atoms with Crippen molar-refractivity contribution in [3.8, 4) is 17.6 Å². The maximum absolute atomic E-state index is 8.75. The van der Waals surface area contributed by atoms with Crippen molar-refractivity contribution in [2.75, 3.05) is 13.2 Å². The molecule has 112 valence electrons. The second-order valence-electron chi connectivity index (χ2n) is 5.92. The number of hydrogen-bond donors (Lipinski definition) is 1. The van der Waals surface area contributed by atoms with Crippen LogP contribution in [0.25, 0.3) is 0 Å². The lowest BCUT2D eigenvalue weighted by Crippen LogP contribution is -2.48. The van der Waals surface area contributed by atoms with Crippen LogP contribution in [0, 0.1) is 11.8 Å². The number of ether oxygens (including phenoxy) is 2. The lowest BCUT2D eigenvalue weighted by Gasteiger charge is -2.46. The van der Waals surface area contributed by atoms with E-state index in [1.54, 1.807) is 0 Å². The van der Waals surface area contributed by atoms with Gasteiger partial charge in [0.1, 0.15) is 11.9 Å². The summed E-state index contributed by atoms with van der Waals surface area (Å²) >= 11 is 0. The quantitative estimate of drug-likeness (QED) is 0.868. The zero-order valence-electron chi connectivity index (χ0n) is 12.3. The van der Waals surface area contributed by atoms with Gasteiger partial charge in [0, 0.05) is 24.8 Å². The zero-order chi connectivity index (χ0) is 14.5. The highest BCUT2D eigenvalue weighted by molar-refractivity contribution is 5.39. The third-order valence-electron chi connectivity index (χ3n) is 4.32. The van der Waals surface area contributed by atoms with Crippen molar-refractivity contribution in [2.45, 2.75) is 50.2 Å². The first kappa shape index (κ1) is 14.4. The number of benzene rings is 1. The molecule has 1 atom stereocenters. The molecule has 3 nitrogen and oxygen atoms in total. The summed E-state index contributed by atoms with van der Waals surface area (Å²) in [6.07, 6.45) is 6.37. The van der Waals surface area contributed by atoms with Crippen LogP contribution < -0.4 is 4.74 Å². The summed E-state index contributed by atoms with van der Waals surface area (Å²) in [4.78, 5) is 0. The predicted octanol–water partition coefficient (Wildman–Crippen LogP) is 2.90. The van der Waals surface area contributed by atoms with Crippen LogP contribution in [0.3, 0.4) is 0 Å². The van der Waals surface area contributed by atoms with E-state index in [0.29, 0.717) is 6.42 Å². The molecule has 1 aliphatic heterocycles. The maximum Gasteiger partial charge on any atom is 0.120 e. The maximum atomic E-state index is 8.75. The van der Waals surface area contributed by atoms with Gasteiger partial charge in [-0.3, -0.25) is 0 Å². The van der Waals surface area contributed by atoms with Crippen LogP contribution in [0.15, 0.2) is 24.3 Å². The molecule has 1 aliphatic carbocycles. The van der Waals surface area contributed by atoms with E-state index < -0.39 is 0 Å². The molecule has 3 heteroatoms. The second kappa shape index (κ2) is 6.51. The van der Waals surface area contributed by atoms with E-state index in [1.807, 2.05) is 24.3 Å². The van der Waals surface area contributed by atoms with Gasteiger partial charge in [0.05, 0.1) is 18.8 Å². The van der Waals surface area contributed by atoms with Gasteiger partial charge in [0.2, 0.25) is 0 Å². The third-order valence-corrected chi connectivity index (χ3v) is 4.32. The Morgan fingerprint density at radius 3 is 3.05 bits per heavy atom. The molecule has 1 spiro atoms. The molecule has 1 saturated heterocycles. The zero-order valence-corrected chi connectivity index (χ0v) is 12.3. The van der Waals surface area contributed by atoms with Gasteiger partial charge in [-0.2, -0.15) is 0 Å². The summed E-state index contributed by atoms with van der Waals surface area (Å²) in [5, 5.41) is 8.75. The summed E-state index contributed by atoms with van der Waals surface area (Å²) < 4.78 is 12.1. The van der Waals surface area contributed by atoms with Crippen molar-refractivity contribution in [1.29, 1.82) is 0 Å². The van der Waals surface area contributed by atoms with Crippen LogP contribution in [0.4, 0.5) is 0 Å². The van der Waals surface area contributed by atoms with Gasteiger partial charge in [0.25, 0.3) is 0 Å². The number of rotatable bonds is 3. The van der Waals surface area contributed by atoms with Crippen molar-refractivity contribution in [3.05, 3.63) is 29.8 Å². The normalized spacial score (nSPS) is 23.0. The third kappa shape index (κ3) is 3.58. The minimum atomic E-state index is 0.105. The summed E-state index contributed by atoms with van der Waals surface area (Å²) in [6.45, 7) is 0.911. The van der Waals surface area contributed by atoms with Crippen molar-refractivity contribution in [1.82, 2.24) is 0 Å². The van der Waals surface area contributed by atoms with Crippen LogP contribution >= 0.6 is 0 Å². The first-order valence-electron chi connectivity index (χ1n) is 7.80. The molecule has 1 heterocycles. The largest absolute Gasteiger partial charge is 0.490 e. The summed E-state index contributed by atoms with van der Waals surface area (Å²) in [6, 6.07) is 7.90. The minimum Gasteiger partial charge on any atom is -0.490 e. The highest BCUT2D eigenvalue weighted by Crippen LogP contribution is 2.43. The topological polar surface area (TPSA) is 38.7 Å². The Morgan fingerprint density at radius 2 is 2.29 bits per heavy atom. The predicted molar refractivity (Wildman–Crippen MR) is 81.2 cm³/mol. The molecule has 0 amide bonds. The van der Waals surface area contributed by atoms with E-state index >= 15 is 0 Å². The second-order valence-corrected chi connectivity index (χ2v) is 5.92. The van der Waals surface area contributed by atoms with Gasteiger partial charge < -0.3 is 14.6 Å². The smallest absolute Gasteiger partial charge is 0.120 e. The SMILES string of the molecule is OCCC#Cc1cccc(OC2CCOC3(CCC3)C2)c1. The number of hydrogen-bond acceptors (Lipinski definition) is 3. The Bertz CT molecular complexity index is 537. The summed E-state index contributed by atoms with van der Waals surface area (Å²) in [5.41, 5.74) is 1.05. The van der Waals surface area contributed by atoms with Gasteiger partial charge in [-0.1, -0.05) is 17.9 Å². The average Bonchev–Trinajstić information content (AvgIpc) is 2.47. The van der Waals surface area contributed by atoms with Crippen molar-refractivity contribution < 1.29 is 14.6 Å². The standard InChI is InChI=1S/C18H22O3/c19-11-2-1-5-15-6-3-7-16(13-15)21-17-8-12-20-18(14-17)9-4-10-18/h3,6-7,13,17,19H,2,4,8-12,14H2. The van der Waals surface area contributed by atoms with Crippen LogP contribution in [-0.2, 0) is 4.74 Å². The van der Waals surface area contributed by atoms with E-state index in [4.69, 9.17) is 14.6 Å². The summed E-state index contributed by atoms with van der Waals surface area (Å²) in [7, 11) is 0. The van der Waals surface area contributed by atoms with Crippen LogP contribution in [0.5, 0.6) is 5.75 Å². The Labute approximate surface area is 126 Å². The van der Waals surface area contributed by atoms with Gasteiger partial charge in [-0.25, -0.2) is 0 Å². The van der Waals surface area contributed by atoms with Crippen molar-refractivity contribution in [3.63, 3.8) is 0 Å². The molecule has 2 aliphatic rings. The van der Waals surface area contributed by atoms with E-state index in [0.717, 1.165) is 30.8 Å². The van der Waals surface area contributed by atoms with Crippen LogP contribution in [0.1, 0.15) is 44.1 Å². The fourth-order valence-corrected chi connectivity index (χ4v) is 3.06. The molecule has 1 saturated carbocycles. The minimum absolute atomic E-state index is 0.105. The lowest BCUT2D eigenvalue weighted by molar-refractivity contribution is -0.153. The Balaban J connectivity index is 1.62. The fraction of sp³-hybridized carbons (Fsp3) is 0.556. The van der Waals surface area contributed by atoms with Gasteiger partial charge in [-0.05, 0) is 37.5 Å². The van der Waals surface area contributed by atoms with Gasteiger partial charge >= 0.3 is 0 Å². The van der Waals surface area contributed by atoms with E-state index in [9.17, 15) is 0 Å². The van der Waals surface area contributed by atoms with Crippen LogP contribution in [0.2, 0.25) is 0 Å². The van der Waals surface area contributed by atoms with E-state index in [1.165, 1.54) is 19.3 Å². The Morgan fingerprint density at radius 1 is 1.38 bits per heavy atom. The molecule has 0 radical (unpaired) electrons. The monoisotopic (exact) mass is 286 g/mol. The first-order chi connectivity index (χ1) is 10.3. The molecule has 1 aromatic rings. The molecule has 1 N–H and O–H groups in total. The lowest BCUT2D eigenvalue weighted by atomic mass is 9.74. The highest BCUT2D eigenvalue weighted by Gasteiger charge is 2.43.